The molecule has 0 aliphatic heterocycles. The van der Waals surface area contributed by atoms with Gasteiger partial charge in [0.1, 0.15) is 11.2 Å². The Labute approximate surface area is 102 Å². The molecule has 1 aromatic heterocycles. The number of halogens is 1. The Balaban J connectivity index is 2.33. The number of nitrogens with zero attached hydrogens (tertiary/aromatic N) is 1. The highest BCUT2D eigenvalue weighted by molar-refractivity contribution is 7.86. The van der Waals surface area contributed by atoms with Crippen LogP contribution in [0, 0.1) is 0 Å². The van der Waals surface area contributed by atoms with E-state index in [9.17, 15) is 17.1 Å². The molecule has 94 valence electrons. The molecule has 0 spiro atoms. The number of aromatic nitrogens is 1. The lowest BCUT2D eigenvalue weighted by molar-refractivity contribution is 0.101. The molecular formula is C10H7FN2O4S. The van der Waals surface area contributed by atoms with Crippen molar-refractivity contribution in [1.29, 1.82) is 0 Å². The van der Waals surface area contributed by atoms with Crippen molar-refractivity contribution in [2.75, 3.05) is 5.32 Å². The first-order valence-electron chi connectivity index (χ1n) is 4.74. The molecule has 0 fully saturated rings. The summed E-state index contributed by atoms with van der Waals surface area (Å²) in [7, 11) is -4.91. The van der Waals surface area contributed by atoms with E-state index in [1.54, 1.807) is 0 Å². The molecule has 1 aromatic carbocycles. The van der Waals surface area contributed by atoms with E-state index in [1.807, 2.05) is 0 Å². The van der Waals surface area contributed by atoms with Crippen molar-refractivity contribution in [2.45, 2.75) is 4.90 Å². The summed E-state index contributed by atoms with van der Waals surface area (Å²) in [5.41, 5.74) is -0.200. The van der Waals surface area contributed by atoms with E-state index in [2.05, 4.69) is 15.0 Å². The molecule has 0 radical (unpaired) electrons. The first-order chi connectivity index (χ1) is 8.48. The van der Waals surface area contributed by atoms with Gasteiger partial charge >= 0.3 is 10.2 Å². The molecule has 0 atom stereocenters. The molecule has 0 saturated heterocycles. The van der Waals surface area contributed by atoms with Crippen LogP contribution in [0.5, 0.6) is 0 Å². The van der Waals surface area contributed by atoms with E-state index in [0.717, 1.165) is 6.07 Å². The summed E-state index contributed by atoms with van der Waals surface area (Å²) in [4.78, 5) is 11.0. The lowest BCUT2D eigenvalue weighted by Gasteiger charge is -2.06. The highest BCUT2D eigenvalue weighted by atomic mass is 32.3. The minimum atomic E-state index is -4.91. The topological polar surface area (TPSA) is 89.3 Å². The lowest BCUT2D eigenvalue weighted by atomic mass is 10.3. The molecule has 0 saturated carbocycles. The maximum Gasteiger partial charge on any atom is 0.334 e. The summed E-state index contributed by atoms with van der Waals surface area (Å²) in [5, 5.41) is 5.61. The van der Waals surface area contributed by atoms with Crippen LogP contribution in [0.15, 0.2) is 46.0 Å². The number of para-hydroxylation sites is 1. The van der Waals surface area contributed by atoms with Crippen LogP contribution in [0.25, 0.3) is 0 Å². The third kappa shape index (κ3) is 2.54. The average molecular weight is 270 g/mol. The van der Waals surface area contributed by atoms with Crippen molar-refractivity contribution in [2.24, 2.45) is 0 Å². The predicted octanol–water partition coefficient (Wildman–Crippen LogP) is 1.59. The third-order valence-electron chi connectivity index (χ3n) is 2.07. The normalized spacial score (nSPS) is 11.2. The van der Waals surface area contributed by atoms with Gasteiger partial charge in [-0.1, -0.05) is 17.3 Å². The zero-order chi connectivity index (χ0) is 13.2. The Hall–Kier alpha value is -2.22. The second kappa shape index (κ2) is 4.57. The van der Waals surface area contributed by atoms with E-state index in [0.29, 0.717) is 0 Å². The van der Waals surface area contributed by atoms with Crippen LogP contribution < -0.4 is 5.32 Å². The van der Waals surface area contributed by atoms with Crippen LogP contribution in [0.2, 0.25) is 0 Å². The summed E-state index contributed by atoms with van der Waals surface area (Å²) < 4.78 is 39.2. The van der Waals surface area contributed by atoms with E-state index in [4.69, 9.17) is 0 Å². The van der Waals surface area contributed by atoms with Crippen molar-refractivity contribution >= 4 is 21.8 Å². The molecular weight excluding hydrogens is 263 g/mol. The van der Waals surface area contributed by atoms with Crippen LogP contribution >= 0.6 is 0 Å². The minimum absolute atomic E-state index is 0.0407. The minimum Gasteiger partial charge on any atom is -0.364 e. The Kier molecular flexibility index (Phi) is 3.11. The first-order valence-corrected chi connectivity index (χ1v) is 6.12. The molecule has 0 bridgehead atoms. The van der Waals surface area contributed by atoms with Gasteiger partial charge in [0.25, 0.3) is 5.91 Å². The molecule has 0 aliphatic rings. The van der Waals surface area contributed by atoms with Crippen molar-refractivity contribution in [1.82, 2.24) is 5.16 Å². The van der Waals surface area contributed by atoms with Gasteiger partial charge in [0, 0.05) is 6.07 Å². The number of hydrogen-bond donors (Lipinski definition) is 1. The van der Waals surface area contributed by atoms with Crippen molar-refractivity contribution < 1.29 is 21.6 Å². The number of nitrogens with one attached hydrogen (secondary N) is 1. The lowest BCUT2D eigenvalue weighted by Crippen LogP contribution is -2.14. The Morgan fingerprint density at radius 1 is 1.28 bits per heavy atom. The third-order valence-corrected chi connectivity index (χ3v) is 2.95. The SMILES string of the molecule is O=C(Nc1ccccc1S(=O)(=O)F)c1ccon1. The highest BCUT2D eigenvalue weighted by Crippen LogP contribution is 2.22. The van der Waals surface area contributed by atoms with Crippen molar-refractivity contribution in [3.8, 4) is 0 Å². The van der Waals surface area contributed by atoms with E-state index >= 15 is 0 Å². The number of benzene rings is 1. The van der Waals surface area contributed by atoms with Gasteiger partial charge in [-0.3, -0.25) is 4.79 Å². The summed E-state index contributed by atoms with van der Waals surface area (Å²) >= 11 is 0. The number of hydrogen-bond acceptors (Lipinski definition) is 5. The summed E-state index contributed by atoms with van der Waals surface area (Å²) in [5.74, 6) is -0.695. The molecule has 1 N–H and O–H groups in total. The maximum atomic E-state index is 13.0. The Morgan fingerprint density at radius 2 is 2.00 bits per heavy atom. The molecule has 1 amide bonds. The predicted molar refractivity (Wildman–Crippen MR) is 59.2 cm³/mol. The smallest absolute Gasteiger partial charge is 0.334 e. The summed E-state index contributed by atoms with van der Waals surface area (Å²) in [6.07, 6.45) is 1.19. The highest BCUT2D eigenvalue weighted by Gasteiger charge is 2.19. The molecule has 18 heavy (non-hydrogen) atoms. The fourth-order valence-corrected chi connectivity index (χ4v) is 1.92. The quantitative estimate of drug-likeness (QED) is 0.855. The van der Waals surface area contributed by atoms with Gasteiger partial charge in [-0.05, 0) is 12.1 Å². The Morgan fingerprint density at radius 3 is 2.61 bits per heavy atom. The van der Waals surface area contributed by atoms with Gasteiger partial charge in [-0.2, -0.15) is 8.42 Å². The molecule has 2 aromatic rings. The van der Waals surface area contributed by atoms with E-state index in [-0.39, 0.29) is 11.4 Å². The zero-order valence-corrected chi connectivity index (χ0v) is 9.65. The molecule has 0 unspecified atom stereocenters. The van der Waals surface area contributed by atoms with Crippen molar-refractivity contribution in [3.63, 3.8) is 0 Å². The van der Waals surface area contributed by atoms with Crippen LogP contribution in [-0.4, -0.2) is 19.5 Å². The molecule has 8 heteroatoms. The van der Waals surface area contributed by atoms with Gasteiger partial charge in [0.2, 0.25) is 0 Å². The second-order valence-electron chi connectivity index (χ2n) is 3.27. The largest absolute Gasteiger partial charge is 0.364 e. The molecule has 6 nitrogen and oxygen atoms in total. The standard InChI is InChI=1S/C10H7FN2O4S/c11-18(15,16)9-4-2-1-3-7(9)12-10(14)8-5-6-17-13-8/h1-6H,(H,12,14). The summed E-state index contributed by atoms with van der Waals surface area (Å²) in [6, 6.07) is 6.42. The van der Waals surface area contributed by atoms with Crippen LogP contribution in [-0.2, 0) is 10.2 Å². The van der Waals surface area contributed by atoms with Gasteiger partial charge in [-0.15, -0.1) is 3.89 Å². The van der Waals surface area contributed by atoms with E-state index < -0.39 is 21.0 Å². The molecule has 0 aliphatic carbocycles. The number of carbonyl (C=O) groups excluding carboxylic acids is 1. The van der Waals surface area contributed by atoms with Gasteiger partial charge in [0.15, 0.2) is 5.69 Å². The van der Waals surface area contributed by atoms with Crippen molar-refractivity contribution in [3.05, 3.63) is 42.3 Å². The molecule has 2 rings (SSSR count). The average Bonchev–Trinajstić information content (AvgIpc) is 2.81. The number of anilines is 1. The fraction of sp³-hybridized carbons (Fsp3) is 0. The summed E-state index contributed by atoms with van der Waals surface area (Å²) in [6.45, 7) is 0. The second-order valence-corrected chi connectivity index (χ2v) is 4.59. The van der Waals surface area contributed by atoms with Gasteiger partial charge < -0.3 is 9.84 Å². The monoisotopic (exact) mass is 270 g/mol. The number of amides is 1. The Bertz CT molecular complexity index is 667. The van der Waals surface area contributed by atoms with Gasteiger partial charge in [0.05, 0.1) is 5.69 Å². The van der Waals surface area contributed by atoms with Crippen LogP contribution in [0.3, 0.4) is 0 Å². The maximum absolute atomic E-state index is 13.0. The van der Waals surface area contributed by atoms with E-state index in [1.165, 1.54) is 30.5 Å². The zero-order valence-electron chi connectivity index (χ0n) is 8.83. The number of rotatable bonds is 3. The van der Waals surface area contributed by atoms with Crippen LogP contribution in [0.4, 0.5) is 9.57 Å². The first kappa shape index (κ1) is 12.2. The van der Waals surface area contributed by atoms with Gasteiger partial charge in [-0.25, -0.2) is 0 Å². The van der Waals surface area contributed by atoms with Crippen LogP contribution in [0.1, 0.15) is 10.5 Å². The number of carbonyl (C=O) groups is 1. The molecule has 1 heterocycles. The fourth-order valence-electron chi connectivity index (χ4n) is 1.30.